The van der Waals surface area contributed by atoms with Crippen LogP contribution in [0.2, 0.25) is 5.02 Å². The molecule has 0 fully saturated rings. The van der Waals surface area contributed by atoms with Crippen molar-refractivity contribution in [2.24, 2.45) is 0 Å². The van der Waals surface area contributed by atoms with Crippen LogP contribution in [-0.2, 0) is 26.0 Å². The first kappa shape index (κ1) is 27.7. The van der Waals surface area contributed by atoms with E-state index < -0.39 is 34.1 Å². The van der Waals surface area contributed by atoms with Crippen LogP contribution in [0.1, 0.15) is 39.7 Å². The van der Waals surface area contributed by atoms with Gasteiger partial charge in [0.05, 0.1) is 11.9 Å². The molecule has 7 nitrogen and oxygen atoms in total. The van der Waals surface area contributed by atoms with Crippen LogP contribution in [0.3, 0.4) is 0 Å². The third-order valence-corrected chi connectivity index (χ3v) is 6.55. The van der Waals surface area contributed by atoms with Crippen LogP contribution < -0.4 is 9.62 Å². The predicted octanol–water partition coefficient (Wildman–Crippen LogP) is 3.87. The monoisotopic (exact) mass is 507 g/mol. The van der Waals surface area contributed by atoms with Gasteiger partial charge >= 0.3 is 0 Å². The van der Waals surface area contributed by atoms with E-state index >= 15 is 0 Å². The van der Waals surface area contributed by atoms with E-state index in [9.17, 15) is 18.0 Å². The van der Waals surface area contributed by atoms with Gasteiger partial charge in [0.25, 0.3) is 0 Å². The van der Waals surface area contributed by atoms with Gasteiger partial charge in [-0.3, -0.25) is 13.9 Å². The van der Waals surface area contributed by atoms with Crippen molar-refractivity contribution < 1.29 is 18.0 Å². The number of amides is 2. The number of benzene rings is 2. The third kappa shape index (κ3) is 8.33. The summed E-state index contributed by atoms with van der Waals surface area (Å²) in [5.74, 6) is -0.721. The van der Waals surface area contributed by atoms with Gasteiger partial charge in [-0.2, -0.15) is 0 Å². The van der Waals surface area contributed by atoms with Crippen molar-refractivity contribution >= 4 is 39.1 Å². The van der Waals surface area contributed by atoms with Crippen LogP contribution in [0, 0.1) is 0 Å². The van der Waals surface area contributed by atoms with E-state index in [1.54, 1.807) is 24.3 Å². The predicted molar refractivity (Wildman–Crippen MR) is 137 cm³/mol. The summed E-state index contributed by atoms with van der Waals surface area (Å²) in [7, 11) is -3.77. The van der Waals surface area contributed by atoms with Gasteiger partial charge in [0, 0.05) is 17.1 Å². The lowest BCUT2D eigenvalue weighted by molar-refractivity contribution is -0.140. The van der Waals surface area contributed by atoms with Crippen molar-refractivity contribution in [1.29, 1.82) is 0 Å². The summed E-state index contributed by atoms with van der Waals surface area (Å²) in [5, 5.41) is 3.40. The molecule has 186 valence electrons. The van der Waals surface area contributed by atoms with Crippen LogP contribution in [0.4, 0.5) is 5.69 Å². The van der Waals surface area contributed by atoms with Crippen molar-refractivity contribution in [3.05, 3.63) is 65.2 Å². The first-order chi connectivity index (χ1) is 15.8. The number of hydrogen-bond donors (Lipinski definition) is 1. The minimum absolute atomic E-state index is 0.270. The van der Waals surface area contributed by atoms with Crippen LogP contribution in [0.5, 0.6) is 0 Å². The zero-order valence-electron chi connectivity index (χ0n) is 20.4. The highest BCUT2D eigenvalue weighted by molar-refractivity contribution is 7.92. The average molecular weight is 508 g/mol. The van der Waals surface area contributed by atoms with Gasteiger partial charge in [-0.1, -0.05) is 48.9 Å². The molecule has 0 heterocycles. The Bertz CT molecular complexity index is 1070. The molecule has 34 heavy (non-hydrogen) atoms. The van der Waals surface area contributed by atoms with E-state index in [2.05, 4.69) is 5.32 Å². The summed E-state index contributed by atoms with van der Waals surface area (Å²) in [6.45, 7) is 7.31. The second-order valence-electron chi connectivity index (χ2n) is 9.23. The van der Waals surface area contributed by atoms with E-state index in [0.717, 1.165) is 16.1 Å². The van der Waals surface area contributed by atoms with Crippen LogP contribution in [0.25, 0.3) is 0 Å². The highest BCUT2D eigenvalue weighted by atomic mass is 35.5. The Hall–Kier alpha value is -2.58. The molecule has 9 heteroatoms. The Balaban J connectivity index is 2.36. The normalized spacial score (nSPS) is 12.6. The van der Waals surface area contributed by atoms with Gasteiger partial charge in [-0.25, -0.2) is 8.42 Å². The Morgan fingerprint density at radius 1 is 1.03 bits per heavy atom. The fourth-order valence-corrected chi connectivity index (χ4v) is 4.55. The van der Waals surface area contributed by atoms with Gasteiger partial charge in [0.2, 0.25) is 21.8 Å². The Morgan fingerprint density at radius 3 is 2.12 bits per heavy atom. The smallest absolute Gasteiger partial charge is 0.244 e. The fraction of sp³-hybridized carbons (Fsp3) is 0.440. The molecule has 2 amide bonds. The molecule has 0 saturated heterocycles. The maximum absolute atomic E-state index is 13.5. The summed E-state index contributed by atoms with van der Waals surface area (Å²) in [6.07, 6.45) is 1.97. The molecule has 0 unspecified atom stereocenters. The van der Waals surface area contributed by atoms with Crippen molar-refractivity contribution in [2.75, 3.05) is 23.7 Å². The Kier molecular flexibility index (Phi) is 9.53. The second kappa shape index (κ2) is 11.7. The molecular formula is C25H34ClN3O4S. The van der Waals surface area contributed by atoms with Crippen LogP contribution >= 0.6 is 11.6 Å². The topological polar surface area (TPSA) is 86.8 Å². The summed E-state index contributed by atoms with van der Waals surface area (Å²) < 4.78 is 26.2. The number of halogens is 1. The Labute approximate surface area is 208 Å². The molecule has 0 aliphatic rings. The van der Waals surface area contributed by atoms with E-state index in [-0.39, 0.29) is 12.5 Å². The van der Waals surface area contributed by atoms with Crippen molar-refractivity contribution in [3.63, 3.8) is 0 Å². The van der Waals surface area contributed by atoms with E-state index in [1.165, 1.54) is 4.90 Å². The molecular weight excluding hydrogens is 474 g/mol. The van der Waals surface area contributed by atoms with Gasteiger partial charge in [-0.15, -0.1) is 0 Å². The highest BCUT2D eigenvalue weighted by Crippen LogP contribution is 2.21. The maximum atomic E-state index is 13.5. The summed E-state index contributed by atoms with van der Waals surface area (Å²) >= 11 is 5.95. The Morgan fingerprint density at radius 2 is 1.62 bits per heavy atom. The highest BCUT2D eigenvalue weighted by Gasteiger charge is 2.32. The first-order valence-electron chi connectivity index (χ1n) is 11.2. The van der Waals surface area contributed by atoms with Gasteiger partial charge in [0.15, 0.2) is 0 Å². The first-order valence-corrected chi connectivity index (χ1v) is 13.4. The maximum Gasteiger partial charge on any atom is 0.244 e. The number of hydrogen-bond acceptors (Lipinski definition) is 4. The van der Waals surface area contributed by atoms with Crippen molar-refractivity contribution in [1.82, 2.24) is 10.2 Å². The number of nitrogens with one attached hydrogen (secondary N) is 1. The molecule has 0 aliphatic carbocycles. The molecule has 2 aromatic carbocycles. The lowest BCUT2D eigenvalue weighted by Crippen LogP contribution is -2.56. The molecule has 0 aromatic heterocycles. The minimum atomic E-state index is -3.77. The van der Waals surface area contributed by atoms with E-state index in [4.69, 9.17) is 11.6 Å². The average Bonchev–Trinajstić information content (AvgIpc) is 2.74. The van der Waals surface area contributed by atoms with Gasteiger partial charge in [0.1, 0.15) is 12.6 Å². The largest absolute Gasteiger partial charge is 0.350 e. The van der Waals surface area contributed by atoms with E-state index in [1.807, 2.05) is 58.0 Å². The SMILES string of the molecule is CC[C@@H](C(=O)NC(C)(C)C)N(CCc1ccccc1)C(=O)CN(c1ccc(Cl)cc1)S(C)(=O)=O. The number of carbonyl (C=O) groups excluding carboxylic acids is 2. The van der Waals surface area contributed by atoms with Gasteiger partial charge in [-0.05, 0) is 63.4 Å². The zero-order valence-corrected chi connectivity index (χ0v) is 22.0. The second-order valence-corrected chi connectivity index (χ2v) is 11.6. The molecule has 0 radical (unpaired) electrons. The lowest BCUT2D eigenvalue weighted by atomic mass is 10.1. The molecule has 0 spiro atoms. The molecule has 2 rings (SSSR count). The number of carbonyl (C=O) groups is 2. The lowest BCUT2D eigenvalue weighted by Gasteiger charge is -2.34. The fourth-order valence-electron chi connectivity index (χ4n) is 3.57. The molecule has 0 bridgehead atoms. The molecule has 1 N–H and O–H groups in total. The molecule has 1 atom stereocenters. The standard InChI is InChI=1S/C25H34ClN3O4S/c1-6-22(24(31)27-25(2,3)4)28(17-16-19-10-8-7-9-11-19)23(30)18-29(34(5,32)33)21-14-12-20(26)13-15-21/h7-15,22H,6,16-18H2,1-5H3,(H,27,31)/t22-/m0/s1. The van der Waals surface area contributed by atoms with E-state index in [0.29, 0.717) is 23.6 Å². The van der Waals surface area contributed by atoms with Crippen LogP contribution in [0.15, 0.2) is 54.6 Å². The van der Waals surface area contributed by atoms with Crippen molar-refractivity contribution in [3.8, 4) is 0 Å². The number of sulfonamides is 1. The number of rotatable bonds is 10. The molecule has 0 aliphatic heterocycles. The van der Waals surface area contributed by atoms with Gasteiger partial charge < -0.3 is 10.2 Å². The van der Waals surface area contributed by atoms with Crippen LogP contribution in [-0.4, -0.2) is 56.1 Å². The summed E-state index contributed by atoms with van der Waals surface area (Å²) in [6, 6.07) is 15.1. The summed E-state index contributed by atoms with van der Waals surface area (Å²) in [4.78, 5) is 28.1. The quantitative estimate of drug-likeness (QED) is 0.529. The molecule has 0 saturated carbocycles. The number of anilines is 1. The third-order valence-electron chi connectivity index (χ3n) is 5.16. The number of nitrogens with zero attached hydrogens (tertiary/aromatic N) is 2. The zero-order chi connectivity index (χ0) is 25.5. The van der Waals surface area contributed by atoms with Crippen molar-refractivity contribution in [2.45, 2.75) is 52.1 Å². The summed E-state index contributed by atoms with van der Waals surface area (Å²) in [5.41, 5.74) is 0.875. The minimum Gasteiger partial charge on any atom is -0.350 e. The molecule has 2 aromatic rings.